The normalized spacial score (nSPS) is 21.6. The van der Waals surface area contributed by atoms with Crippen molar-refractivity contribution in [2.75, 3.05) is 50.9 Å². The maximum absolute atomic E-state index is 15.0. The topological polar surface area (TPSA) is 95.4 Å². The zero-order valence-electron chi connectivity index (χ0n) is 20.5. The highest BCUT2D eigenvalue weighted by molar-refractivity contribution is 6.35. The molecule has 9 nitrogen and oxygen atoms in total. The van der Waals surface area contributed by atoms with Gasteiger partial charge in [0.15, 0.2) is 5.75 Å². The molecule has 0 radical (unpaired) electrons. The Morgan fingerprint density at radius 3 is 2.81 bits per heavy atom. The molecule has 0 bridgehead atoms. The van der Waals surface area contributed by atoms with Crippen molar-refractivity contribution in [2.24, 2.45) is 0 Å². The van der Waals surface area contributed by atoms with Gasteiger partial charge in [0.25, 0.3) is 5.91 Å². The molecule has 1 unspecified atom stereocenters. The van der Waals surface area contributed by atoms with Gasteiger partial charge in [-0.2, -0.15) is 0 Å². The fourth-order valence-corrected chi connectivity index (χ4v) is 5.45. The average Bonchev–Trinajstić information content (AvgIpc) is 3.06. The first-order valence-electron chi connectivity index (χ1n) is 12.3. The van der Waals surface area contributed by atoms with Crippen LogP contribution in [0.5, 0.6) is 11.5 Å². The Labute approximate surface area is 219 Å². The number of rotatable bonds is 4. The third-order valence-corrected chi connectivity index (χ3v) is 7.49. The number of aromatic nitrogens is 1. The van der Waals surface area contributed by atoms with E-state index in [1.165, 1.54) is 24.3 Å². The van der Waals surface area contributed by atoms with E-state index in [1.807, 2.05) is 11.8 Å². The molecule has 2 amide bonds. The van der Waals surface area contributed by atoms with Gasteiger partial charge in [0.05, 0.1) is 30.9 Å². The molecule has 2 saturated heterocycles. The second-order valence-electron chi connectivity index (χ2n) is 9.22. The summed E-state index contributed by atoms with van der Waals surface area (Å²) in [5.41, 5.74) is 0.0121. The number of carbonyl (C=O) groups excluding carboxylic acids is 2. The van der Waals surface area contributed by atoms with Gasteiger partial charge in [0, 0.05) is 26.2 Å². The van der Waals surface area contributed by atoms with E-state index in [-0.39, 0.29) is 64.4 Å². The minimum absolute atomic E-state index is 0.0107. The molecule has 0 spiro atoms. The standard InChI is InChI=1S/C26H28ClFN4O5/c1-3-15-13-36-11-10-31(15)25-21-24(22(27)23(29-25)20-17(28)6-5-7-18(20)33)37-14-16-12-30(19(34)4-2)8-9-32(16)26(21)35/h4-7,15-16,33H,2-3,8-14H2,1H3/t15-,16?/m0/s1. The van der Waals surface area contributed by atoms with E-state index in [2.05, 4.69) is 6.58 Å². The number of fused-ring (bicyclic) bond motifs is 2. The molecule has 1 aromatic carbocycles. The minimum atomic E-state index is -0.703. The summed E-state index contributed by atoms with van der Waals surface area (Å²) < 4.78 is 26.8. The van der Waals surface area contributed by atoms with Crippen molar-refractivity contribution >= 4 is 29.2 Å². The number of anilines is 1. The third kappa shape index (κ3) is 4.38. The number of carbonyl (C=O) groups is 2. The van der Waals surface area contributed by atoms with Crippen molar-refractivity contribution in [1.82, 2.24) is 14.8 Å². The highest BCUT2D eigenvalue weighted by Gasteiger charge is 2.41. The molecule has 3 aliphatic heterocycles. The number of aromatic hydroxyl groups is 1. The van der Waals surface area contributed by atoms with Crippen LogP contribution in [0.1, 0.15) is 23.7 Å². The van der Waals surface area contributed by atoms with E-state index in [0.29, 0.717) is 38.7 Å². The van der Waals surface area contributed by atoms with Gasteiger partial charge in [-0.1, -0.05) is 31.2 Å². The van der Waals surface area contributed by atoms with Crippen molar-refractivity contribution in [3.63, 3.8) is 0 Å². The maximum atomic E-state index is 15.0. The lowest BCUT2D eigenvalue weighted by atomic mass is 10.0. The van der Waals surface area contributed by atoms with Crippen LogP contribution in [0.4, 0.5) is 10.2 Å². The smallest absolute Gasteiger partial charge is 0.261 e. The second kappa shape index (κ2) is 10.2. The fraction of sp³-hybridized carbons (Fsp3) is 0.423. The van der Waals surface area contributed by atoms with Crippen LogP contribution in [-0.2, 0) is 9.53 Å². The van der Waals surface area contributed by atoms with Gasteiger partial charge in [-0.3, -0.25) is 9.59 Å². The number of piperazine rings is 1. The molecule has 2 fully saturated rings. The molecule has 37 heavy (non-hydrogen) atoms. The first-order chi connectivity index (χ1) is 17.8. The highest BCUT2D eigenvalue weighted by atomic mass is 35.5. The van der Waals surface area contributed by atoms with E-state index in [4.69, 9.17) is 26.1 Å². The van der Waals surface area contributed by atoms with Crippen molar-refractivity contribution < 1.29 is 28.6 Å². The van der Waals surface area contributed by atoms with Crippen molar-refractivity contribution in [3.8, 4) is 22.8 Å². The van der Waals surface area contributed by atoms with Crippen LogP contribution in [0.2, 0.25) is 5.02 Å². The van der Waals surface area contributed by atoms with Crippen LogP contribution in [0.25, 0.3) is 11.3 Å². The molecule has 1 N–H and O–H groups in total. The first kappa shape index (κ1) is 25.3. The molecular weight excluding hydrogens is 503 g/mol. The summed E-state index contributed by atoms with van der Waals surface area (Å²) in [5.74, 6) is -1.17. The van der Waals surface area contributed by atoms with Crippen LogP contribution >= 0.6 is 11.6 Å². The van der Waals surface area contributed by atoms with Gasteiger partial charge in [-0.05, 0) is 24.6 Å². The van der Waals surface area contributed by atoms with Crippen molar-refractivity contribution in [1.29, 1.82) is 0 Å². The third-order valence-electron chi connectivity index (χ3n) is 7.14. The number of halogens is 2. The van der Waals surface area contributed by atoms with E-state index < -0.39 is 11.9 Å². The van der Waals surface area contributed by atoms with Crippen LogP contribution in [0, 0.1) is 5.82 Å². The van der Waals surface area contributed by atoms with Crippen LogP contribution < -0.4 is 9.64 Å². The quantitative estimate of drug-likeness (QED) is 0.607. The first-order valence-corrected chi connectivity index (χ1v) is 12.6. The molecule has 11 heteroatoms. The number of phenols is 1. The highest BCUT2D eigenvalue weighted by Crippen LogP contribution is 2.46. The van der Waals surface area contributed by atoms with Crippen LogP contribution in [0.15, 0.2) is 30.9 Å². The number of benzene rings is 1. The number of nitrogens with zero attached hydrogens (tertiary/aromatic N) is 4. The molecule has 196 valence electrons. The van der Waals surface area contributed by atoms with Gasteiger partial charge < -0.3 is 29.3 Å². The van der Waals surface area contributed by atoms with Crippen LogP contribution in [0.3, 0.4) is 0 Å². The molecule has 2 aromatic rings. The summed E-state index contributed by atoms with van der Waals surface area (Å²) in [7, 11) is 0. The summed E-state index contributed by atoms with van der Waals surface area (Å²) in [6.07, 6.45) is 1.97. The predicted molar refractivity (Wildman–Crippen MR) is 136 cm³/mol. The predicted octanol–water partition coefficient (Wildman–Crippen LogP) is 3.09. The molecule has 0 aliphatic carbocycles. The maximum Gasteiger partial charge on any atom is 0.261 e. The number of ether oxygens (including phenoxy) is 2. The average molecular weight is 531 g/mol. The molecule has 5 rings (SSSR count). The van der Waals surface area contributed by atoms with E-state index in [9.17, 15) is 19.1 Å². The molecule has 3 aliphatic rings. The van der Waals surface area contributed by atoms with Gasteiger partial charge in [0.2, 0.25) is 5.91 Å². The molecular formula is C26H28ClFN4O5. The van der Waals surface area contributed by atoms with Gasteiger partial charge in [0.1, 0.15) is 40.3 Å². The summed E-state index contributed by atoms with van der Waals surface area (Å²) in [5, 5.41) is 10.5. The molecule has 1 aromatic heterocycles. The summed E-state index contributed by atoms with van der Waals surface area (Å²) >= 11 is 6.77. The summed E-state index contributed by atoms with van der Waals surface area (Å²) in [4.78, 5) is 36.3. The Balaban J connectivity index is 1.68. The summed E-state index contributed by atoms with van der Waals surface area (Å²) in [6, 6.07) is 3.44. The monoisotopic (exact) mass is 530 g/mol. The van der Waals surface area contributed by atoms with E-state index in [0.717, 1.165) is 6.42 Å². The number of morpholine rings is 1. The number of amides is 2. The van der Waals surface area contributed by atoms with Crippen LogP contribution in [-0.4, -0.2) is 89.8 Å². The minimum Gasteiger partial charge on any atom is -0.507 e. The molecule has 4 heterocycles. The fourth-order valence-electron chi connectivity index (χ4n) is 5.17. The molecule has 0 saturated carbocycles. The summed E-state index contributed by atoms with van der Waals surface area (Å²) in [6.45, 7) is 7.90. The Morgan fingerprint density at radius 2 is 2.08 bits per heavy atom. The SMILES string of the molecule is C=CC(=O)N1CCN2C(=O)c3c(N4CCOC[C@@H]4CC)nc(-c4c(O)cccc4F)c(Cl)c3OCC2C1. The number of phenolic OH excluding ortho intramolecular Hbond substituents is 1. The van der Waals surface area contributed by atoms with Crippen molar-refractivity contribution in [3.05, 3.63) is 47.3 Å². The number of hydrogen-bond acceptors (Lipinski definition) is 7. The zero-order chi connectivity index (χ0) is 26.3. The Kier molecular flexibility index (Phi) is 6.96. The lowest BCUT2D eigenvalue weighted by Crippen LogP contribution is -2.57. The largest absolute Gasteiger partial charge is 0.507 e. The Bertz CT molecular complexity index is 1240. The van der Waals surface area contributed by atoms with E-state index in [1.54, 1.807) is 9.80 Å². The van der Waals surface area contributed by atoms with Crippen molar-refractivity contribution in [2.45, 2.75) is 25.4 Å². The van der Waals surface area contributed by atoms with Gasteiger partial charge in [-0.15, -0.1) is 0 Å². The van der Waals surface area contributed by atoms with Gasteiger partial charge in [-0.25, -0.2) is 9.37 Å². The zero-order valence-corrected chi connectivity index (χ0v) is 21.2. The number of pyridine rings is 1. The Hall–Kier alpha value is -3.37. The Morgan fingerprint density at radius 1 is 1.27 bits per heavy atom. The number of hydrogen-bond donors (Lipinski definition) is 1. The second-order valence-corrected chi connectivity index (χ2v) is 9.60. The lowest BCUT2D eigenvalue weighted by molar-refractivity contribution is -0.128. The van der Waals surface area contributed by atoms with E-state index >= 15 is 0 Å². The van der Waals surface area contributed by atoms with Gasteiger partial charge >= 0.3 is 0 Å². The lowest BCUT2D eigenvalue weighted by Gasteiger charge is -2.40. The molecule has 2 atom stereocenters.